The average molecular weight is 426 g/mol. The Labute approximate surface area is 191 Å². The van der Waals surface area contributed by atoms with Crippen LogP contribution in [0.4, 0.5) is 0 Å². The number of rotatable bonds is 5. The minimum Gasteiger partial charge on any atom is -0.558 e. The number of aromatic nitrogens is 1. The van der Waals surface area contributed by atoms with Crippen LogP contribution >= 0.6 is 0 Å². The van der Waals surface area contributed by atoms with Crippen LogP contribution < -0.4 is 5.46 Å². The van der Waals surface area contributed by atoms with Crippen LogP contribution in [0, 0.1) is 0 Å². The van der Waals surface area contributed by atoms with Gasteiger partial charge in [0, 0.05) is 27.7 Å². The number of benzene rings is 3. The van der Waals surface area contributed by atoms with E-state index in [4.69, 9.17) is 9.31 Å². The molecule has 3 aromatic carbocycles. The SMILES string of the molecule is CCCC[B-]1(c2cccc(-n3c4ccccc4c4ccccc43)c2)OC(C)(C)C(C)(C)O1. The Kier molecular flexibility index (Phi) is 4.99. The molecule has 0 bridgehead atoms. The molecule has 1 fully saturated rings. The molecule has 4 aromatic rings. The summed E-state index contributed by atoms with van der Waals surface area (Å²) in [6.07, 6.45) is 3.09. The van der Waals surface area contributed by atoms with E-state index < -0.39 is 6.55 Å². The third-order valence-electron chi connectivity index (χ3n) is 7.57. The van der Waals surface area contributed by atoms with E-state index in [1.165, 1.54) is 21.8 Å². The van der Waals surface area contributed by atoms with Gasteiger partial charge in [0.2, 0.25) is 0 Å². The summed E-state index contributed by atoms with van der Waals surface area (Å²) in [5.41, 5.74) is 4.02. The molecule has 32 heavy (non-hydrogen) atoms. The Morgan fingerprint density at radius 3 is 1.88 bits per heavy atom. The van der Waals surface area contributed by atoms with Gasteiger partial charge in [-0.3, -0.25) is 0 Å². The van der Waals surface area contributed by atoms with Crippen LogP contribution in [0.1, 0.15) is 47.5 Å². The lowest BCUT2D eigenvalue weighted by molar-refractivity contribution is 0.00578. The van der Waals surface area contributed by atoms with E-state index in [1.807, 2.05) is 0 Å². The highest BCUT2D eigenvalue weighted by molar-refractivity contribution is 6.81. The molecule has 0 radical (unpaired) electrons. The van der Waals surface area contributed by atoms with Crippen LogP contribution in [-0.4, -0.2) is 22.3 Å². The molecule has 1 aliphatic heterocycles. The number of unbranched alkanes of at least 4 members (excludes halogenated alkanes) is 1. The monoisotopic (exact) mass is 426 g/mol. The van der Waals surface area contributed by atoms with Gasteiger partial charge in [0.1, 0.15) is 0 Å². The molecule has 3 nitrogen and oxygen atoms in total. The first kappa shape index (κ1) is 21.3. The van der Waals surface area contributed by atoms with E-state index in [1.54, 1.807) is 0 Å². The molecule has 0 spiro atoms. The van der Waals surface area contributed by atoms with E-state index in [2.05, 4.69) is 112 Å². The molecule has 0 aliphatic carbocycles. The largest absolute Gasteiger partial charge is 0.558 e. The van der Waals surface area contributed by atoms with Gasteiger partial charge in [-0.1, -0.05) is 74.4 Å². The third-order valence-corrected chi connectivity index (χ3v) is 7.57. The van der Waals surface area contributed by atoms with Crippen molar-refractivity contribution in [2.75, 3.05) is 0 Å². The average Bonchev–Trinajstić information content (AvgIpc) is 3.21. The Balaban J connectivity index is 1.70. The lowest BCUT2D eigenvalue weighted by Crippen LogP contribution is -2.51. The summed E-state index contributed by atoms with van der Waals surface area (Å²) in [6, 6.07) is 26.1. The van der Waals surface area contributed by atoms with Gasteiger partial charge in [-0.05, 0) is 45.9 Å². The molecule has 1 saturated heterocycles. The predicted octanol–water partition coefficient (Wildman–Crippen LogP) is 6.84. The molecule has 4 heteroatoms. The van der Waals surface area contributed by atoms with Gasteiger partial charge < -0.3 is 13.9 Å². The van der Waals surface area contributed by atoms with Gasteiger partial charge in [0.15, 0.2) is 0 Å². The maximum atomic E-state index is 6.82. The molecular formula is C28H33BNO2-. The predicted molar refractivity (Wildman–Crippen MR) is 136 cm³/mol. The molecule has 5 rings (SSSR count). The van der Waals surface area contributed by atoms with Gasteiger partial charge >= 0.3 is 0 Å². The topological polar surface area (TPSA) is 23.4 Å². The van der Waals surface area contributed by atoms with E-state index in [-0.39, 0.29) is 11.2 Å². The van der Waals surface area contributed by atoms with E-state index in [9.17, 15) is 0 Å². The zero-order chi connectivity index (χ0) is 22.6. The van der Waals surface area contributed by atoms with E-state index >= 15 is 0 Å². The van der Waals surface area contributed by atoms with Crippen LogP contribution in [0.25, 0.3) is 27.5 Å². The highest BCUT2D eigenvalue weighted by atomic mass is 16.7. The fourth-order valence-electron chi connectivity index (χ4n) is 5.29. The maximum Gasteiger partial charge on any atom is 0.270 e. The van der Waals surface area contributed by atoms with E-state index in [0.717, 1.165) is 30.3 Å². The quantitative estimate of drug-likeness (QED) is 0.326. The summed E-state index contributed by atoms with van der Waals surface area (Å²) >= 11 is 0. The zero-order valence-corrected chi connectivity index (χ0v) is 19.9. The van der Waals surface area contributed by atoms with Gasteiger partial charge in [-0.15, -0.1) is 6.32 Å². The highest BCUT2D eigenvalue weighted by Crippen LogP contribution is 2.43. The van der Waals surface area contributed by atoms with Crippen molar-refractivity contribution >= 4 is 33.8 Å². The first-order valence-electron chi connectivity index (χ1n) is 11.9. The second kappa shape index (κ2) is 7.50. The number of fused-ring (bicyclic) bond motifs is 3. The molecule has 1 aromatic heterocycles. The van der Waals surface area contributed by atoms with Crippen molar-refractivity contribution in [3.05, 3.63) is 72.8 Å². The Morgan fingerprint density at radius 2 is 1.31 bits per heavy atom. The van der Waals surface area contributed by atoms with Crippen molar-refractivity contribution in [2.45, 2.75) is 65.0 Å². The lowest BCUT2D eigenvalue weighted by atomic mass is 9.48. The molecule has 1 aliphatic rings. The smallest absolute Gasteiger partial charge is 0.270 e. The van der Waals surface area contributed by atoms with Crippen LogP contribution in [0.5, 0.6) is 0 Å². The molecule has 0 amide bonds. The van der Waals surface area contributed by atoms with Gasteiger partial charge in [-0.25, -0.2) is 0 Å². The minimum absolute atomic E-state index is 0.358. The standard InChI is InChI=1S/C28H33BNO2/c1-6-7-19-29(31-27(2,3)28(4,5)32-29)21-13-12-14-22(20-21)30-25-17-10-8-15-23(25)24-16-9-11-18-26(24)30/h8-18,20H,6-7,19H2,1-5H3/q-1. The van der Waals surface area contributed by atoms with Crippen LogP contribution in [0.2, 0.25) is 6.32 Å². The van der Waals surface area contributed by atoms with Crippen molar-refractivity contribution in [3.63, 3.8) is 0 Å². The molecule has 166 valence electrons. The fourth-order valence-corrected chi connectivity index (χ4v) is 5.29. The van der Waals surface area contributed by atoms with E-state index in [0.29, 0.717) is 0 Å². The molecule has 0 atom stereocenters. The number of hydrogen-bond acceptors (Lipinski definition) is 2. The first-order valence-corrected chi connectivity index (χ1v) is 11.9. The zero-order valence-electron chi connectivity index (χ0n) is 19.9. The summed E-state index contributed by atoms with van der Waals surface area (Å²) in [4.78, 5) is 0. The van der Waals surface area contributed by atoms with Crippen LogP contribution in [0.15, 0.2) is 72.8 Å². The first-order chi connectivity index (χ1) is 15.3. The molecular weight excluding hydrogens is 393 g/mol. The van der Waals surface area contributed by atoms with Gasteiger partial charge in [-0.2, -0.15) is 5.46 Å². The maximum absolute atomic E-state index is 6.82. The lowest BCUT2D eigenvalue weighted by Gasteiger charge is -2.38. The fraction of sp³-hybridized carbons (Fsp3) is 0.357. The Bertz CT molecular complexity index is 1220. The summed E-state index contributed by atoms with van der Waals surface area (Å²) in [6.45, 7) is 9.26. The van der Waals surface area contributed by atoms with Crippen LogP contribution in [-0.2, 0) is 9.31 Å². The van der Waals surface area contributed by atoms with Crippen LogP contribution in [0.3, 0.4) is 0 Å². The van der Waals surface area contributed by atoms with Crippen molar-refractivity contribution in [2.24, 2.45) is 0 Å². The summed E-state index contributed by atoms with van der Waals surface area (Å²) in [5, 5.41) is 2.55. The Hall–Kier alpha value is -2.56. The Morgan fingerprint density at radius 1 is 0.750 bits per heavy atom. The van der Waals surface area contributed by atoms with Crippen molar-refractivity contribution in [3.8, 4) is 5.69 Å². The molecule has 0 unspecified atom stereocenters. The highest BCUT2D eigenvalue weighted by Gasteiger charge is 2.51. The molecule has 2 heterocycles. The van der Waals surface area contributed by atoms with Crippen molar-refractivity contribution < 1.29 is 9.31 Å². The number of hydrogen-bond donors (Lipinski definition) is 0. The summed E-state index contributed by atoms with van der Waals surface area (Å²) in [7, 11) is 0. The second-order valence-corrected chi connectivity index (χ2v) is 10.2. The van der Waals surface area contributed by atoms with Crippen molar-refractivity contribution in [1.29, 1.82) is 0 Å². The van der Waals surface area contributed by atoms with Gasteiger partial charge in [0.25, 0.3) is 6.55 Å². The van der Waals surface area contributed by atoms with Gasteiger partial charge in [0.05, 0.1) is 11.0 Å². The van der Waals surface area contributed by atoms with Crippen molar-refractivity contribution in [1.82, 2.24) is 4.57 Å². The number of para-hydroxylation sites is 2. The second-order valence-electron chi connectivity index (χ2n) is 10.2. The summed E-state index contributed by atoms with van der Waals surface area (Å²) < 4.78 is 16.0. The molecule has 0 N–H and O–H groups in total. The minimum atomic E-state index is -1.57. The molecule has 0 saturated carbocycles. The normalized spacial score (nSPS) is 19.0. The summed E-state index contributed by atoms with van der Waals surface area (Å²) in [5.74, 6) is 0. The number of nitrogens with zero attached hydrogens (tertiary/aromatic N) is 1. The third kappa shape index (κ3) is 3.20.